The molecular formula is C13H19N3O. The van der Waals surface area contributed by atoms with Gasteiger partial charge in [-0.05, 0) is 50.4 Å². The molecule has 0 aliphatic carbocycles. The van der Waals surface area contributed by atoms with Crippen molar-refractivity contribution in [2.45, 2.75) is 25.8 Å². The van der Waals surface area contributed by atoms with Gasteiger partial charge < -0.3 is 10.2 Å². The molecule has 4 rings (SSSR count). The molecule has 17 heavy (non-hydrogen) atoms. The number of hydrogen-bond acceptors (Lipinski definition) is 2. The van der Waals surface area contributed by atoms with Crippen LogP contribution in [0.2, 0.25) is 0 Å². The monoisotopic (exact) mass is 233 g/mol. The zero-order valence-electron chi connectivity index (χ0n) is 10.2. The van der Waals surface area contributed by atoms with E-state index >= 15 is 0 Å². The second-order valence-corrected chi connectivity index (χ2v) is 5.29. The molecule has 3 fully saturated rings. The Morgan fingerprint density at radius 1 is 1.41 bits per heavy atom. The Bertz CT molecular complexity index is 418. The van der Waals surface area contributed by atoms with Gasteiger partial charge in [-0.15, -0.1) is 0 Å². The lowest BCUT2D eigenvalue weighted by atomic mass is 9.84. The highest BCUT2D eigenvalue weighted by Gasteiger charge is 2.34. The summed E-state index contributed by atoms with van der Waals surface area (Å²) in [4.78, 5) is 14.5. The molecule has 4 heterocycles. The van der Waals surface area contributed by atoms with Crippen LogP contribution >= 0.6 is 0 Å². The number of carbonyl (C=O) groups excluding carboxylic acids is 1. The van der Waals surface area contributed by atoms with Crippen LogP contribution in [-0.4, -0.2) is 41.2 Å². The number of rotatable bonds is 1. The van der Waals surface area contributed by atoms with Crippen LogP contribution in [-0.2, 0) is 0 Å². The first-order valence-corrected chi connectivity index (χ1v) is 6.40. The SMILES string of the molecule is Cc1ccn(C(=O)N[C@H]2CN3CCC2CC3)c1. The van der Waals surface area contributed by atoms with E-state index in [4.69, 9.17) is 0 Å². The predicted octanol–water partition coefficient (Wildman–Crippen LogP) is 1.45. The highest BCUT2D eigenvalue weighted by Crippen LogP contribution is 2.27. The summed E-state index contributed by atoms with van der Waals surface area (Å²) in [7, 11) is 0. The topological polar surface area (TPSA) is 37.3 Å². The van der Waals surface area contributed by atoms with Crippen molar-refractivity contribution in [3.8, 4) is 0 Å². The Hall–Kier alpha value is -1.29. The van der Waals surface area contributed by atoms with E-state index in [0.29, 0.717) is 12.0 Å². The molecule has 1 atom stereocenters. The fourth-order valence-corrected chi connectivity index (χ4v) is 2.99. The fourth-order valence-electron chi connectivity index (χ4n) is 2.99. The lowest BCUT2D eigenvalue weighted by Gasteiger charge is -2.44. The lowest BCUT2D eigenvalue weighted by Crippen LogP contribution is -2.57. The van der Waals surface area contributed by atoms with E-state index in [0.717, 1.165) is 12.1 Å². The van der Waals surface area contributed by atoms with Gasteiger partial charge in [-0.2, -0.15) is 0 Å². The molecule has 0 saturated carbocycles. The summed E-state index contributed by atoms with van der Waals surface area (Å²) in [5, 5.41) is 3.16. The average molecular weight is 233 g/mol. The number of amides is 1. The van der Waals surface area contributed by atoms with E-state index in [1.807, 2.05) is 25.4 Å². The minimum atomic E-state index is 0.0110. The fraction of sp³-hybridized carbons (Fsp3) is 0.615. The normalized spacial score (nSPS) is 31.5. The van der Waals surface area contributed by atoms with Crippen molar-refractivity contribution >= 4 is 6.03 Å². The predicted molar refractivity (Wildman–Crippen MR) is 66.1 cm³/mol. The maximum absolute atomic E-state index is 12.0. The Morgan fingerprint density at radius 3 is 2.71 bits per heavy atom. The van der Waals surface area contributed by atoms with E-state index < -0.39 is 0 Å². The number of aromatic nitrogens is 1. The van der Waals surface area contributed by atoms with Gasteiger partial charge in [0.25, 0.3) is 0 Å². The van der Waals surface area contributed by atoms with E-state index in [9.17, 15) is 4.79 Å². The van der Waals surface area contributed by atoms with E-state index in [2.05, 4.69) is 10.2 Å². The highest BCUT2D eigenvalue weighted by atomic mass is 16.2. The molecule has 3 aliphatic heterocycles. The third-order valence-corrected chi connectivity index (χ3v) is 4.04. The van der Waals surface area contributed by atoms with Gasteiger partial charge in [0.2, 0.25) is 0 Å². The smallest absolute Gasteiger partial charge is 0.325 e. The van der Waals surface area contributed by atoms with Crippen molar-refractivity contribution in [1.82, 2.24) is 14.8 Å². The molecule has 1 N–H and O–H groups in total. The van der Waals surface area contributed by atoms with Gasteiger partial charge in [0.05, 0.1) is 0 Å². The van der Waals surface area contributed by atoms with Crippen LogP contribution in [0.1, 0.15) is 18.4 Å². The molecule has 1 aromatic rings. The first-order chi connectivity index (χ1) is 8.22. The van der Waals surface area contributed by atoms with Gasteiger partial charge in [0.1, 0.15) is 0 Å². The van der Waals surface area contributed by atoms with Crippen LogP contribution in [0.4, 0.5) is 4.79 Å². The minimum absolute atomic E-state index is 0.0110. The van der Waals surface area contributed by atoms with Gasteiger partial charge in [-0.1, -0.05) is 0 Å². The average Bonchev–Trinajstić information content (AvgIpc) is 2.77. The zero-order chi connectivity index (χ0) is 11.8. The molecule has 0 aromatic carbocycles. The number of fused-ring (bicyclic) bond motifs is 3. The van der Waals surface area contributed by atoms with Gasteiger partial charge in [-0.3, -0.25) is 4.57 Å². The first-order valence-electron chi connectivity index (χ1n) is 6.40. The van der Waals surface area contributed by atoms with Gasteiger partial charge >= 0.3 is 6.03 Å². The third-order valence-electron chi connectivity index (χ3n) is 4.04. The summed E-state index contributed by atoms with van der Waals surface area (Å²) in [6.07, 6.45) is 6.16. The van der Waals surface area contributed by atoms with Crippen LogP contribution in [0.5, 0.6) is 0 Å². The van der Waals surface area contributed by atoms with Crippen molar-refractivity contribution in [3.63, 3.8) is 0 Å². The Labute approximate surface area is 102 Å². The van der Waals surface area contributed by atoms with E-state index in [-0.39, 0.29) is 6.03 Å². The van der Waals surface area contributed by atoms with Crippen LogP contribution < -0.4 is 5.32 Å². The molecule has 3 aliphatic rings. The van der Waals surface area contributed by atoms with Crippen LogP contribution in [0, 0.1) is 12.8 Å². The Kier molecular flexibility index (Phi) is 2.67. The largest absolute Gasteiger partial charge is 0.333 e. The molecule has 92 valence electrons. The maximum Gasteiger partial charge on any atom is 0.325 e. The summed E-state index contributed by atoms with van der Waals surface area (Å²) < 4.78 is 1.65. The first kappa shape index (κ1) is 10.8. The van der Waals surface area contributed by atoms with Gasteiger partial charge in [-0.25, -0.2) is 4.79 Å². The van der Waals surface area contributed by atoms with Crippen LogP contribution in [0.3, 0.4) is 0 Å². The molecule has 0 spiro atoms. The van der Waals surface area contributed by atoms with Gasteiger partial charge in [0, 0.05) is 25.0 Å². The summed E-state index contributed by atoms with van der Waals surface area (Å²) >= 11 is 0. The number of nitrogens with zero attached hydrogens (tertiary/aromatic N) is 2. The lowest BCUT2D eigenvalue weighted by molar-refractivity contribution is 0.0767. The summed E-state index contributed by atoms with van der Waals surface area (Å²) in [6, 6.07) is 2.31. The molecule has 2 bridgehead atoms. The number of piperidine rings is 3. The van der Waals surface area contributed by atoms with Crippen LogP contribution in [0.15, 0.2) is 18.5 Å². The van der Waals surface area contributed by atoms with Crippen LogP contribution in [0.25, 0.3) is 0 Å². The molecule has 3 saturated heterocycles. The standard InChI is InChI=1S/C13H19N3O/c1-10-2-7-16(8-10)13(17)14-12-9-15-5-3-11(12)4-6-15/h2,7-8,11-12H,3-6,9H2,1H3,(H,14,17)/t12-/m0/s1. The van der Waals surface area contributed by atoms with Gasteiger partial charge in [0.15, 0.2) is 0 Å². The molecular weight excluding hydrogens is 214 g/mol. The molecule has 1 aromatic heterocycles. The van der Waals surface area contributed by atoms with Crippen molar-refractivity contribution in [2.75, 3.05) is 19.6 Å². The van der Waals surface area contributed by atoms with Crippen molar-refractivity contribution in [2.24, 2.45) is 5.92 Å². The zero-order valence-corrected chi connectivity index (χ0v) is 10.2. The summed E-state index contributed by atoms with van der Waals surface area (Å²) in [6.45, 7) is 5.44. The highest BCUT2D eigenvalue weighted by molar-refractivity contribution is 5.77. The molecule has 0 radical (unpaired) electrons. The maximum atomic E-state index is 12.0. The third kappa shape index (κ3) is 2.09. The number of carbonyl (C=O) groups is 1. The number of hydrogen-bond donors (Lipinski definition) is 1. The number of nitrogens with one attached hydrogen (secondary N) is 1. The molecule has 4 nitrogen and oxygen atoms in total. The van der Waals surface area contributed by atoms with E-state index in [1.165, 1.54) is 25.9 Å². The Balaban J connectivity index is 1.65. The quantitative estimate of drug-likeness (QED) is 0.797. The van der Waals surface area contributed by atoms with E-state index in [1.54, 1.807) is 4.57 Å². The van der Waals surface area contributed by atoms with Crippen molar-refractivity contribution < 1.29 is 4.79 Å². The second-order valence-electron chi connectivity index (χ2n) is 5.29. The second kappa shape index (κ2) is 4.18. The van der Waals surface area contributed by atoms with Crippen molar-refractivity contribution in [1.29, 1.82) is 0 Å². The molecule has 0 unspecified atom stereocenters. The Morgan fingerprint density at radius 2 is 2.18 bits per heavy atom. The minimum Gasteiger partial charge on any atom is -0.333 e. The summed E-state index contributed by atoms with van der Waals surface area (Å²) in [5.74, 6) is 0.681. The molecule has 4 heteroatoms. The number of aryl methyl sites for hydroxylation is 1. The molecule has 1 amide bonds. The summed E-state index contributed by atoms with van der Waals surface area (Å²) in [5.41, 5.74) is 1.12. The van der Waals surface area contributed by atoms with Crippen molar-refractivity contribution in [3.05, 3.63) is 24.0 Å².